The van der Waals surface area contributed by atoms with Crippen LogP contribution in [0.2, 0.25) is 36.3 Å². The molecule has 2 N–H and O–H groups in total. The van der Waals surface area contributed by atoms with E-state index in [1.165, 1.54) is 0 Å². The van der Waals surface area contributed by atoms with Crippen molar-refractivity contribution in [3.8, 4) is 0 Å². The highest BCUT2D eigenvalue weighted by Crippen LogP contribution is 2.41. The standard InChI is InChI=1S/C36H68N2O6Si2/c1-18-19-21-26(3)31(42-34(37)41)28(5)32(44-46(16,17)36(10,11)12)29(6)33(40)38(13)24-27(4)30(25(2)22-20-23-39)43-45(14,15)35(7,8)9/h18-19,21-23,26-32H,1,20,24H2,2-17H3,(H2,37,41)/t26-,27-,28?,29?,30-,31?,32?/m0/s1. The molecule has 8 nitrogen and oxygen atoms in total. The van der Waals surface area contributed by atoms with E-state index in [0.29, 0.717) is 13.0 Å². The number of carbonyl (C=O) groups is 3. The zero-order chi connectivity index (χ0) is 36.4. The Kier molecular flexibility index (Phi) is 17.2. The molecule has 0 aromatic carbocycles. The number of allylic oxidation sites excluding steroid dienone is 3. The molecule has 10 heteroatoms. The van der Waals surface area contributed by atoms with Gasteiger partial charge in [-0.05, 0) is 48.8 Å². The van der Waals surface area contributed by atoms with Crippen LogP contribution in [0.5, 0.6) is 0 Å². The lowest BCUT2D eigenvalue weighted by atomic mass is 9.83. The second-order valence-corrected chi connectivity index (χ2v) is 25.7. The van der Waals surface area contributed by atoms with Gasteiger partial charge in [0.1, 0.15) is 12.4 Å². The Hall–Kier alpha value is -2.02. The number of hydrogen-bond donors (Lipinski definition) is 1. The van der Waals surface area contributed by atoms with Gasteiger partial charge in [0.25, 0.3) is 0 Å². The van der Waals surface area contributed by atoms with Gasteiger partial charge in [-0.3, -0.25) is 4.79 Å². The summed E-state index contributed by atoms with van der Waals surface area (Å²) in [6.45, 7) is 36.0. The Morgan fingerprint density at radius 3 is 1.85 bits per heavy atom. The van der Waals surface area contributed by atoms with Crippen molar-refractivity contribution in [3.63, 3.8) is 0 Å². The maximum Gasteiger partial charge on any atom is 0.404 e. The lowest BCUT2D eigenvalue weighted by Crippen LogP contribution is -2.53. The first-order valence-corrected chi connectivity index (χ1v) is 22.5. The topological polar surface area (TPSA) is 108 Å². The average Bonchev–Trinajstić information content (AvgIpc) is 2.92. The van der Waals surface area contributed by atoms with E-state index in [9.17, 15) is 14.4 Å². The molecule has 0 rings (SSSR count). The lowest BCUT2D eigenvalue weighted by molar-refractivity contribution is -0.140. The summed E-state index contributed by atoms with van der Waals surface area (Å²) in [6.07, 6.45) is 6.29. The summed E-state index contributed by atoms with van der Waals surface area (Å²) < 4.78 is 19.6. The third kappa shape index (κ3) is 12.9. The van der Waals surface area contributed by atoms with Crippen molar-refractivity contribution in [1.82, 2.24) is 4.90 Å². The molecule has 0 heterocycles. The number of hydrogen-bond acceptors (Lipinski definition) is 6. The van der Waals surface area contributed by atoms with Crippen LogP contribution < -0.4 is 5.73 Å². The van der Waals surface area contributed by atoms with E-state index in [4.69, 9.17) is 19.3 Å². The Bertz CT molecular complexity index is 1070. The van der Waals surface area contributed by atoms with Crippen LogP contribution in [0.1, 0.15) is 82.6 Å². The number of aldehydes is 1. The van der Waals surface area contributed by atoms with Crippen LogP contribution in [0.15, 0.2) is 36.5 Å². The van der Waals surface area contributed by atoms with Crippen LogP contribution in [-0.2, 0) is 23.2 Å². The van der Waals surface area contributed by atoms with Crippen LogP contribution in [0.4, 0.5) is 4.79 Å². The summed E-state index contributed by atoms with van der Waals surface area (Å²) in [5, 5.41) is -0.111. The van der Waals surface area contributed by atoms with Gasteiger partial charge in [-0.25, -0.2) is 4.79 Å². The third-order valence-corrected chi connectivity index (χ3v) is 19.1. The summed E-state index contributed by atoms with van der Waals surface area (Å²) >= 11 is 0. The van der Waals surface area contributed by atoms with Crippen molar-refractivity contribution >= 4 is 34.9 Å². The molecule has 0 aliphatic heterocycles. The quantitative estimate of drug-likeness (QED) is 0.0673. The zero-order valence-corrected chi connectivity index (χ0v) is 34.0. The minimum absolute atomic E-state index is 0.00187. The lowest BCUT2D eigenvalue weighted by Gasteiger charge is -2.45. The van der Waals surface area contributed by atoms with Crippen molar-refractivity contribution in [2.24, 2.45) is 29.4 Å². The second kappa shape index (κ2) is 17.9. The number of rotatable bonds is 18. The Morgan fingerprint density at radius 1 is 0.913 bits per heavy atom. The van der Waals surface area contributed by atoms with Crippen LogP contribution in [-0.4, -0.2) is 71.7 Å². The first-order chi connectivity index (χ1) is 20.8. The molecule has 0 aromatic rings. The summed E-state index contributed by atoms with van der Waals surface area (Å²) in [5.41, 5.74) is 6.54. The molecular formula is C36H68N2O6Si2. The fourth-order valence-corrected chi connectivity index (χ4v) is 8.03. The minimum atomic E-state index is -2.37. The van der Waals surface area contributed by atoms with Gasteiger partial charge < -0.3 is 29.0 Å². The molecule has 0 aliphatic rings. The van der Waals surface area contributed by atoms with Gasteiger partial charge in [-0.2, -0.15) is 0 Å². The van der Waals surface area contributed by atoms with Crippen molar-refractivity contribution in [3.05, 3.63) is 36.5 Å². The Labute approximate surface area is 283 Å². The Balaban J connectivity index is 6.62. The smallest absolute Gasteiger partial charge is 0.404 e. The SMILES string of the molecule is C=CC=C[C@H](C)C(OC(N)=O)C(C)C(O[Si](C)(C)C(C)(C)C)C(C)C(=O)N(C)C[C@H](C)[C@@H](O[Si](C)(C)C(C)(C)C)C(C)=CCC=O. The average molecular weight is 681 g/mol. The summed E-state index contributed by atoms with van der Waals surface area (Å²) in [7, 11) is -2.72. The van der Waals surface area contributed by atoms with Crippen LogP contribution >= 0.6 is 0 Å². The number of nitrogens with zero attached hydrogens (tertiary/aromatic N) is 1. The molecule has 2 amide bonds. The normalized spacial score (nSPS) is 18.2. The van der Waals surface area contributed by atoms with Crippen LogP contribution in [0, 0.1) is 23.7 Å². The Morgan fingerprint density at radius 2 is 1.41 bits per heavy atom. The van der Waals surface area contributed by atoms with E-state index in [1.54, 1.807) is 11.0 Å². The molecule has 0 radical (unpaired) electrons. The summed E-state index contributed by atoms with van der Waals surface area (Å²) in [5.74, 6) is -1.18. The molecule has 0 saturated carbocycles. The highest BCUT2D eigenvalue weighted by Gasteiger charge is 2.46. The number of carbonyl (C=O) groups excluding carboxylic acids is 3. The van der Waals surface area contributed by atoms with E-state index < -0.39 is 40.9 Å². The number of nitrogens with two attached hydrogens (primary N) is 1. The first-order valence-electron chi connectivity index (χ1n) is 16.7. The third-order valence-electron chi connectivity index (χ3n) is 10.1. The minimum Gasteiger partial charge on any atom is -0.445 e. The van der Waals surface area contributed by atoms with E-state index in [2.05, 4.69) is 81.2 Å². The number of primary amides is 1. The fourth-order valence-electron chi connectivity index (χ4n) is 5.17. The molecule has 7 atom stereocenters. The molecule has 4 unspecified atom stereocenters. The van der Waals surface area contributed by atoms with Gasteiger partial charge in [0.15, 0.2) is 16.6 Å². The molecule has 0 aliphatic carbocycles. The monoisotopic (exact) mass is 680 g/mol. The molecule has 0 spiro atoms. The van der Waals surface area contributed by atoms with Crippen LogP contribution in [0.3, 0.4) is 0 Å². The fraction of sp³-hybridized carbons (Fsp3) is 0.750. The predicted octanol–water partition coefficient (Wildman–Crippen LogP) is 8.51. The molecule has 0 fully saturated rings. The van der Waals surface area contributed by atoms with Gasteiger partial charge in [0, 0.05) is 37.8 Å². The molecule has 266 valence electrons. The predicted molar refractivity (Wildman–Crippen MR) is 197 cm³/mol. The van der Waals surface area contributed by atoms with E-state index in [0.717, 1.165) is 11.9 Å². The highest BCUT2D eigenvalue weighted by molar-refractivity contribution is 6.74. The van der Waals surface area contributed by atoms with Crippen molar-refractivity contribution in [1.29, 1.82) is 0 Å². The van der Waals surface area contributed by atoms with Crippen molar-refractivity contribution in [2.45, 2.75) is 137 Å². The molecule has 0 aromatic heterocycles. The van der Waals surface area contributed by atoms with Gasteiger partial charge in [-0.1, -0.05) is 100 Å². The zero-order valence-electron chi connectivity index (χ0n) is 32.0. The van der Waals surface area contributed by atoms with Crippen molar-refractivity contribution < 1.29 is 28.0 Å². The molecule has 46 heavy (non-hydrogen) atoms. The number of amides is 2. The second-order valence-electron chi connectivity index (χ2n) is 16.2. The molecular weight excluding hydrogens is 613 g/mol. The van der Waals surface area contributed by atoms with Gasteiger partial charge >= 0.3 is 6.09 Å². The van der Waals surface area contributed by atoms with E-state index in [1.807, 2.05) is 53.0 Å². The maximum absolute atomic E-state index is 14.3. The summed E-state index contributed by atoms with van der Waals surface area (Å²) in [4.78, 5) is 39.3. The van der Waals surface area contributed by atoms with Gasteiger partial charge in [-0.15, -0.1) is 0 Å². The van der Waals surface area contributed by atoms with E-state index >= 15 is 0 Å². The van der Waals surface area contributed by atoms with Gasteiger partial charge in [0.2, 0.25) is 5.91 Å². The van der Waals surface area contributed by atoms with Gasteiger partial charge in [0.05, 0.1) is 18.1 Å². The largest absolute Gasteiger partial charge is 0.445 e. The first kappa shape index (κ1) is 44.0. The maximum atomic E-state index is 14.3. The summed E-state index contributed by atoms with van der Waals surface area (Å²) in [6, 6.07) is 0. The van der Waals surface area contributed by atoms with E-state index in [-0.39, 0.29) is 39.8 Å². The molecule has 0 bridgehead atoms. The van der Waals surface area contributed by atoms with Crippen LogP contribution in [0.25, 0.3) is 0 Å². The number of ether oxygens (including phenoxy) is 1. The van der Waals surface area contributed by atoms with Crippen molar-refractivity contribution in [2.75, 3.05) is 13.6 Å². The highest BCUT2D eigenvalue weighted by atomic mass is 28.4. The molecule has 0 saturated heterocycles.